The molecule has 6 heteroatoms. The number of carbonyl (C=O) groups is 1. The zero-order valence-corrected chi connectivity index (χ0v) is 15.5. The van der Waals surface area contributed by atoms with Crippen LogP contribution in [0.4, 0.5) is 0 Å². The minimum absolute atomic E-state index is 0.101. The van der Waals surface area contributed by atoms with Crippen LogP contribution < -0.4 is 0 Å². The molecule has 130 valence electrons. The molecular formula is C19H19BrN2O3. The van der Waals surface area contributed by atoms with E-state index in [4.69, 9.17) is 9.47 Å². The third-order valence-electron chi connectivity index (χ3n) is 4.93. The molecule has 3 atom stereocenters. The predicted octanol–water partition coefficient (Wildman–Crippen LogP) is 3.56. The zero-order valence-electron chi connectivity index (χ0n) is 13.9. The topological polar surface area (TPSA) is 64.6 Å². The van der Waals surface area contributed by atoms with Gasteiger partial charge in [0.05, 0.1) is 28.7 Å². The molecule has 0 bridgehead atoms. The van der Waals surface area contributed by atoms with Crippen molar-refractivity contribution in [3.8, 4) is 11.4 Å². The Kier molecular flexibility index (Phi) is 4.33. The van der Waals surface area contributed by atoms with Gasteiger partial charge in [-0.15, -0.1) is 0 Å². The summed E-state index contributed by atoms with van der Waals surface area (Å²) in [6.07, 6.45) is 6.07. The molecular weight excluding hydrogens is 384 g/mol. The fraction of sp³-hybridized carbons (Fsp3) is 0.421. The first-order valence-electron chi connectivity index (χ1n) is 8.49. The highest BCUT2D eigenvalue weighted by atomic mass is 79.9. The van der Waals surface area contributed by atoms with Crippen LogP contribution in [0.25, 0.3) is 11.4 Å². The Balaban J connectivity index is 1.59. The van der Waals surface area contributed by atoms with Crippen LogP contribution in [0.3, 0.4) is 0 Å². The fourth-order valence-corrected chi connectivity index (χ4v) is 3.94. The number of esters is 1. The fourth-order valence-electron chi connectivity index (χ4n) is 3.73. The van der Waals surface area contributed by atoms with Gasteiger partial charge in [-0.1, -0.05) is 18.2 Å². The minimum atomic E-state index is -0.469. The van der Waals surface area contributed by atoms with E-state index in [0.717, 1.165) is 28.4 Å². The van der Waals surface area contributed by atoms with E-state index in [2.05, 4.69) is 32.0 Å². The number of epoxide rings is 1. The Bertz CT molecular complexity index is 784. The van der Waals surface area contributed by atoms with E-state index < -0.39 is 5.41 Å². The first kappa shape index (κ1) is 16.7. The van der Waals surface area contributed by atoms with Crippen LogP contribution in [0.5, 0.6) is 0 Å². The number of aromatic nitrogens is 2. The number of fused-ring (bicyclic) bond motifs is 1. The summed E-state index contributed by atoms with van der Waals surface area (Å²) in [6.45, 7) is 2.26. The van der Waals surface area contributed by atoms with Crippen molar-refractivity contribution < 1.29 is 14.3 Å². The molecule has 2 heterocycles. The van der Waals surface area contributed by atoms with Crippen LogP contribution in [0.2, 0.25) is 0 Å². The van der Waals surface area contributed by atoms with Gasteiger partial charge in [-0.05, 0) is 53.7 Å². The van der Waals surface area contributed by atoms with Crippen LogP contribution in [0.15, 0.2) is 41.1 Å². The van der Waals surface area contributed by atoms with Crippen LogP contribution in [0.1, 0.15) is 25.3 Å². The molecule has 1 aromatic carbocycles. The molecule has 0 radical (unpaired) electrons. The van der Waals surface area contributed by atoms with Gasteiger partial charge >= 0.3 is 5.97 Å². The highest BCUT2D eigenvalue weighted by Gasteiger charge is 2.59. The molecule has 2 aromatic rings. The normalized spacial score (nSPS) is 27.0. The molecule has 1 aliphatic heterocycles. The SMILES string of the molecule is CCOC(=O)C1(Cc2cccc(-c3ncc(Br)cn3)c2)C[C@@H]2O[C@@H]2C1. The highest BCUT2D eigenvalue weighted by Crippen LogP contribution is 2.52. The molecule has 1 unspecified atom stereocenters. The van der Waals surface area contributed by atoms with Gasteiger partial charge < -0.3 is 9.47 Å². The Morgan fingerprint density at radius 2 is 2.04 bits per heavy atom. The second-order valence-electron chi connectivity index (χ2n) is 6.72. The lowest BCUT2D eigenvalue weighted by molar-refractivity contribution is -0.156. The van der Waals surface area contributed by atoms with E-state index in [0.29, 0.717) is 18.9 Å². The van der Waals surface area contributed by atoms with Crippen molar-refractivity contribution in [1.29, 1.82) is 0 Å². The average molecular weight is 403 g/mol. The van der Waals surface area contributed by atoms with Gasteiger partial charge in [0.25, 0.3) is 0 Å². The lowest BCUT2D eigenvalue weighted by atomic mass is 9.79. The Morgan fingerprint density at radius 3 is 2.72 bits per heavy atom. The smallest absolute Gasteiger partial charge is 0.312 e. The van der Waals surface area contributed by atoms with Gasteiger partial charge in [-0.3, -0.25) is 4.79 Å². The van der Waals surface area contributed by atoms with Gasteiger partial charge in [-0.2, -0.15) is 0 Å². The lowest BCUT2D eigenvalue weighted by Gasteiger charge is -2.28. The molecule has 0 N–H and O–H groups in total. The molecule has 1 aromatic heterocycles. The van der Waals surface area contributed by atoms with Gasteiger partial charge in [0.1, 0.15) is 0 Å². The lowest BCUT2D eigenvalue weighted by Crippen LogP contribution is -2.34. The second-order valence-corrected chi connectivity index (χ2v) is 7.64. The maximum atomic E-state index is 12.6. The molecule has 25 heavy (non-hydrogen) atoms. The van der Waals surface area contributed by atoms with Gasteiger partial charge in [0.2, 0.25) is 0 Å². The van der Waals surface area contributed by atoms with Crippen LogP contribution in [-0.2, 0) is 20.7 Å². The summed E-state index contributed by atoms with van der Waals surface area (Å²) < 4.78 is 11.8. The quantitative estimate of drug-likeness (QED) is 0.564. The van der Waals surface area contributed by atoms with E-state index in [9.17, 15) is 4.79 Å². The molecule has 2 fully saturated rings. The minimum Gasteiger partial charge on any atom is -0.466 e. The summed E-state index contributed by atoms with van der Waals surface area (Å²) >= 11 is 3.35. The summed E-state index contributed by atoms with van der Waals surface area (Å²) in [5.41, 5.74) is 1.57. The Hall–Kier alpha value is -1.79. The number of halogens is 1. The Labute approximate surface area is 154 Å². The molecule has 2 aliphatic rings. The molecule has 1 saturated carbocycles. The average Bonchev–Trinajstić information content (AvgIpc) is 3.23. The monoisotopic (exact) mass is 402 g/mol. The molecule has 4 rings (SSSR count). The largest absolute Gasteiger partial charge is 0.466 e. The Morgan fingerprint density at radius 1 is 1.32 bits per heavy atom. The van der Waals surface area contributed by atoms with Crippen molar-refractivity contribution in [2.45, 2.75) is 38.4 Å². The first-order chi connectivity index (χ1) is 12.1. The molecule has 0 spiro atoms. The van der Waals surface area contributed by atoms with E-state index in [1.54, 1.807) is 12.4 Å². The van der Waals surface area contributed by atoms with E-state index in [-0.39, 0.29) is 18.2 Å². The number of nitrogens with zero attached hydrogens (tertiary/aromatic N) is 2. The summed E-state index contributed by atoms with van der Waals surface area (Å²) in [5.74, 6) is 0.573. The van der Waals surface area contributed by atoms with E-state index >= 15 is 0 Å². The molecule has 1 saturated heterocycles. The molecule has 0 amide bonds. The molecule has 5 nitrogen and oxygen atoms in total. The maximum absolute atomic E-state index is 12.6. The highest BCUT2D eigenvalue weighted by molar-refractivity contribution is 9.10. The maximum Gasteiger partial charge on any atom is 0.312 e. The van der Waals surface area contributed by atoms with Crippen LogP contribution >= 0.6 is 15.9 Å². The van der Waals surface area contributed by atoms with Crippen molar-refractivity contribution in [3.05, 3.63) is 46.7 Å². The third-order valence-corrected chi connectivity index (χ3v) is 5.34. The van der Waals surface area contributed by atoms with Crippen LogP contribution in [0, 0.1) is 5.41 Å². The van der Waals surface area contributed by atoms with Crippen molar-refractivity contribution in [1.82, 2.24) is 9.97 Å². The third kappa shape index (κ3) is 3.33. The number of benzene rings is 1. The number of hydrogen-bond donors (Lipinski definition) is 0. The zero-order chi connectivity index (χ0) is 17.4. The van der Waals surface area contributed by atoms with Crippen molar-refractivity contribution in [3.63, 3.8) is 0 Å². The van der Waals surface area contributed by atoms with Crippen molar-refractivity contribution in [2.24, 2.45) is 5.41 Å². The number of hydrogen-bond acceptors (Lipinski definition) is 5. The predicted molar refractivity (Wildman–Crippen MR) is 95.8 cm³/mol. The standard InChI is InChI=1S/C19H19BrN2O3/c1-2-24-18(23)19(8-15-16(9-19)25-15)7-12-4-3-5-13(6-12)17-21-10-14(20)11-22-17/h3-6,10-11,15-16H,2,7-9H2,1H3/t15-,16+,19?. The van der Waals surface area contributed by atoms with Crippen molar-refractivity contribution in [2.75, 3.05) is 6.61 Å². The number of carbonyl (C=O) groups excluding carboxylic acids is 1. The number of ether oxygens (including phenoxy) is 2. The summed E-state index contributed by atoms with van der Waals surface area (Å²) in [7, 11) is 0. The second kappa shape index (κ2) is 6.50. The molecule has 1 aliphatic carbocycles. The van der Waals surface area contributed by atoms with Gasteiger partial charge in [0.15, 0.2) is 5.82 Å². The summed E-state index contributed by atoms with van der Waals surface area (Å²) in [5, 5.41) is 0. The first-order valence-corrected chi connectivity index (χ1v) is 9.28. The summed E-state index contributed by atoms with van der Waals surface area (Å²) in [4.78, 5) is 21.3. The van der Waals surface area contributed by atoms with Gasteiger partial charge in [0, 0.05) is 18.0 Å². The summed E-state index contributed by atoms with van der Waals surface area (Å²) in [6, 6.07) is 8.09. The van der Waals surface area contributed by atoms with E-state index in [1.807, 2.05) is 25.1 Å². The van der Waals surface area contributed by atoms with E-state index in [1.165, 1.54) is 0 Å². The van der Waals surface area contributed by atoms with Crippen molar-refractivity contribution >= 4 is 21.9 Å². The van der Waals surface area contributed by atoms with Gasteiger partial charge in [-0.25, -0.2) is 9.97 Å². The number of rotatable bonds is 5. The van der Waals surface area contributed by atoms with Crippen LogP contribution in [-0.4, -0.2) is 34.8 Å².